The maximum absolute atomic E-state index is 11.3. The topological polar surface area (TPSA) is 46.3 Å². The van der Waals surface area contributed by atoms with Crippen LogP contribution in [0.15, 0.2) is 24.3 Å². The third-order valence-electron chi connectivity index (χ3n) is 1.96. The van der Waals surface area contributed by atoms with Crippen molar-refractivity contribution in [1.29, 1.82) is 0 Å². The van der Waals surface area contributed by atoms with Gasteiger partial charge in [-0.3, -0.25) is 4.79 Å². The molecule has 1 rings (SSSR count). The van der Waals surface area contributed by atoms with Gasteiger partial charge < -0.3 is 0 Å². The molecule has 2 N–H and O–H groups in total. The van der Waals surface area contributed by atoms with E-state index in [0.29, 0.717) is 12.1 Å². The second kappa shape index (κ2) is 5.18. The fourth-order valence-corrected chi connectivity index (χ4v) is 1.19. The summed E-state index contributed by atoms with van der Waals surface area (Å²) < 4.78 is 0. The number of anilines is 1. The molecule has 1 amide bonds. The molecule has 0 bridgehead atoms. The van der Waals surface area contributed by atoms with Crippen molar-refractivity contribution in [2.24, 2.45) is 5.84 Å². The van der Waals surface area contributed by atoms with Crippen LogP contribution in [-0.2, 0) is 4.79 Å². The molecule has 3 nitrogen and oxygen atoms in total. The molecule has 0 aromatic heterocycles. The Morgan fingerprint density at radius 3 is 2.87 bits per heavy atom. The van der Waals surface area contributed by atoms with Crippen molar-refractivity contribution in [3.05, 3.63) is 29.8 Å². The Bertz CT molecular complexity index is 415. The van der Waals surface area contributed by atoms with E-state index in [2.05, 4.69) is 11.8 Å². The molecule has 0 aliphatic heterocycles. The van der Waals surface area contributed by atoms with Crippen molar-refractivity contribution < 1.29 is 4.79 Å². The molecular weight excluding hydrogens is 188 g/mol. The number of nitrogens with zero attached hydrogens (tertiary/aromatic N) is 1. The van der Waals surface area contributed by atoms with Crippen LogP contribution in [0.3, 0.4) is 0 Å². The molecule has 0 spiro atoms. The Balaban J connectivity index is 2.98. The van der Waals surface area contributed by atoms with Gasteiger partial charge in [0.05, 0.1) is 5.69 Å². The van der Waals surface area contributed by atoms with Crippen LogP contribution >= 0.6 is 0 Å². The minimum absolute atomic E-state index is 0.114. The number of rotatable bonds is 2. The van der Waals surface area contributed by atoms with E-state index in [1.807, 2.05) is 12.1 Å². The zero-order valence-electron chi connectivity index (χ0n) is 8.95. The van der Waals surface area contributed by atoms with Gasteiger partial charge in [0.2, 0.25) is 5.91 Å². The molecule has 0 radical (unpaired) electrons. The number of amides is 1. The fraction of sp³-hybridized carbons (Fsp3) is 0.250. The van der Waals surface area contributed by atoms with E-state index in [0.717, 1.165) is 10.6 Å². The number of nitrogens with two attached hydrogens (primary N) is 1. The highest BCUT2D eigenvalue weighted by molar-refractivity contribution is 5.92. The van der Waals surface area contributed by atoms with E-state index in [9.17, 15) is 4.79 Å². The van der Waals surface area contributed by atoms with Gasteiger partial charge in [0, 0.05) is 12.0 Å². The van der Waals surface area contributed by atoms with Crippen LogP contribution < -0.4 is 10.9 Å². The van der Waals surface area contributed by atoms with Crippen LogP contribution in [0.4, 0.5) is 5.69 Å². The molecule has 0 heterocycles. The summed E-state index contributed by atoms with van der Waals surface area (Å²) in [6.45, 7) is 3.54. The number of benzene rings is 1. The first kappa shape index (κ1) is 11.3. The lowest BCUT2D eigenvalue weighted by atomic mass is 10.2. The molecule has 15 heavy (non-hydrogen) atoms. The van der Waals surface area contributed by atoms with Gasteiger partial charge in [-0.05, 0) is 25.1 Å². The normalized spacial score (nSPS) is 9.00. The molecule has 0 saturated heterocycles. The van der Waals surface area contributed by atoms with Gasteiger partial charge in [-0.15, -0.1) is 5.92 Å². The monoisotopic (exact) mass is 202 g/mol. The highest BCUT2D eigenvalue weighted by Gasteiger charge is 2.08. The van der Waals surface area contributed by atoms with Crippen LogP contribution in [0.5, 0.6) is 0 Å². The number of hydrogen-bond acceptors (Lipinski definition) is 2. The number of carbonyl (C=O) groups is 1. The van der Waals surface area contributed by atoms with Gasteiger partial charge in [-0.2, -0.15) is 0 Å². The van der Waals surface area contributed by atoms with Crippen LogP contribution in [0.1, 0.15) is 25.8 Å². The van der Waals surface area contributed by atoms with Crippen molar-refractivity contribution in [3.8, 4) is 11.8 Å². The lowest BCUT2D eigenvalue weighted by Gasteiger charge is -2.15. The molecule has 78 valence electrons. The summed E-state index contributed by atoms with van der Waals surface area (Å²) in [5.41, 5.74) is 1.52. The van der Waals surface area contributed by atoms with Crippen LogP contribution in [0.2, 0.25) is 0 Å². The Morgan fingerprint density at radius 1 is 1.53 bits per heavy atom. The maximum atomic E-state index is 11.3. The van der Waals surface area contributed by atoms with E-state index < -0.39 is 0 Å². The lowest BCUT2D eigenvalue weighted by molar-refractivity contribution is -0.118. The molecule has 0 fully saturated rings. The second-order valence-corrected chi connectivity index (χ2v) is 3.04. The highest BCUT2D eigenvalue weighted by atomic mass is 16.2. The number of hydrazine groups is 1. The summed E-state index contributed by atoms with van der Waals surface area (Å²) in [5, 5.41) is 1.15. The fourth-order valence-electron chi connectivity index (χ4n) is 1.19. The molecule has 0 unspecified atom stereocenters. The molecule has 0 atom stereocenters. The zero-order valence-corrected chi connectivity index (χ0v) is 8.95. The van der Waals surface area contributed by atoms with E-state index in [1.54, 1.807) is 26.0 Å². The predicted octanol–water partition coefficient (Wildman–Crippen LogP) is 1.67. The quantitative estimate of drug-likeness (QED) is 0.343. The van der Waals surface area contributed by atoms with E-state index in [4.69, 9.17) is 5.84 Å². The molecular formula is C12H14N2O. The molecule has 0 aliphatic carbocycles. The third-order valence-corrected chi connectivity index (χ3v) is 1.96. The SMILES string of the molecule is CC#Cc1cccc(N(N)C(=O)CC)c1. The van der Waals surface area contributed by atoms with Crippen molar-refractivity contribution in [3.63, 3.8) is 0 Å². The Hall–Kier alpha value is -1.79. The molecule has 1 aromatic carbocycles. The second-order valence-electron chi connectivity index (χ2n) is 3.04. The summed E-state index contributed by atoms with van der Waals surface area (Å²) in [5.74, 6) is 11.3. The van der Waals surface area contributed by atoms with E-state index in [-0.39, 0.29) is 5.91 Å². The van der Waals surface area contributed by atoms with Gasteiger partial charge in [0.1, 0.15) is 0 Å². The average molecular weight is 202 g/mol. The lowest BCUT2D eigenvalue weighted by Crippen LogP contribution is -2.36. The molecule has 0 saturated carbocycles. The molecule has 0 aliphatic rings. The predicted molar refractivity (Wildman–Crippen MR) is 61.0 cm³/mol. The third kappa shape index (κ3) is 2.83. The van der Waals surface area contributed by atoms with Crippen molar-refractivity contribution in [2.45, 2.75) is 20.3 Å². The minimum atomic E-state index is -0.114. The first-order valence-corrected chi connectivity index (χ1v) is 4.79. The molecule has 1 aromatic rings. The smallest absolute Gasteiger partial charge is 0.240 e. The summed E-state index contributed by atoms with van der Waals surface area (Å²) in [7, 11) is 0. The molecule has 3 heteroatoms. The van der Waals surface area contributed by atoms with Gasteiger partial charge in [-0.25, -0.2) is 10.9 Å². The first-order valence-electron chi connectivity index (χ1n) is 4.79. The average Bonchev–Trinajstić information content (AvgIpc) is 2.28. The van der Waals surface area contributed by atoms with Crippen molar-refractivity contribution >= 4 is 11.6 Å². The minimum Gasteiger partial charge on any atom is -0.273 e. The Labute approximate surface area is 89.9 Å². The highest BCUT2D eigenvalue weighted by Crippen LogP contribution is 2.13. The van der Waals surface area contributed by atoms with Gasteiger partial charge in [0.15, 0.2) is 0 Å². The summed E-state index contributed by atoms with van der Waals surface area (Å²) in [6.07, 6.45) is 0.389. The maximum Gasteiger partial charge on any atom is 0.240 e. The van der Waals surface area contributed by atoms with Crippen LogP contribution in [-0.4, -0.2) is 5.91 Å². The van der Waals surface area contributed by atoms with Gasteiger partial charge in [0.25, 0.3) is 0 Å². The van der Waals surface area contributed by atoms with Gasteiger partial charge in [-0.1, -0.05) is 18.9 Å². The number of hydrogen-bond donors (Lipinski definition) is 1. The largest absolute Gasteiger partial charge is 0.273 e. The van der Waals surface area contributed by atoms with Crippen molar-refractivity contribution in [2.75, 3.05) is 5.01 Å². The number of carbonyl (C=O) groups excluding carboxylic acids is 1. The summed E-state index contributed by atoms with van der Waals surface area (Å²) in [4.78, 5) is 11.3. The Kier molecular flexibility index (Phi) is 3.90. The van der Waals surface area contributed by atoms with Crippen molar-refractivity contribution in [1.82, 2.24) is 0 Å². The summed E-state index contributed by atoms with van der Waals surface area (Å²) >= 11 is 0. The van der Waals surface area contributed by atoms with Crippen LogP contribution in [0.25, 0.3) is 0 Å². The van der Waals surface area contributed by atoms with Gasteiger partial charge >= 0.3 is 0 Å². The summed E-state index contributed by atoms with van der Waals surface area (Å²) in [6, 6.07) is 7.29. The zero-order chi connectivity index (χ0) is 11.3. The standard InChI is InChI=1S/C12H14N2O/c1-3-6-10-7-5-8-11(9-10)14(13)12(15)4-2/h5,7-9H,4,13H2,1-2H3. The Morgan fingerprint density at radius 2 is 2.27 bits per heavy atom. The van der Waals surface area contributed by atoms with E-state index in [1.165, 1.54) is 0 Å². The first-order chi connectivity index (χ1) is 7.19. The van der Waals surface area contributed by atoms with E-state index >= 15 is 0 Å². The van der Waals surface area contributed by atoms with Crippen LogP contribution in [0, 0.1) is 11.8 Å².